The van der Waals surface area contributed by atoms with Crippen molar-refractivity contribution in [3.63, 3.8) is 0 Å². The molecule has 0 radical (unpaired) electrons. The third-order valence-corrected chi connectivity index (χ3v) is 5.36. The lowest BCUT2D eigenvalue weighted by Crippen LogP contribution is -2.20. The van der Waals surface area contributed by atoms with Crippen molar-refractivity contribution in [1.29, 1.82) is 5.41 Å². The highest BCUT2D eigenvalue weighted by molar-refractivity contribution is 6.01. The van der Waals surface area contributed by atoms with Gasteiger partial charge in [-0.25, -0.2) is 4.98 Å². The minimum Gasteiger partial charge on any atom is -0.493 e. The van der Waals surface area contributed by atoms with Crippen LogP contribution in [0.4, 0.5) is 5.69 Å². The molecule has 8 heteroatoms. The molecular formula is C26H31N5O3. The van der Waals surface area contributed by atoms with E-state index in [2.05, 4.69) is 15.3 Å². The molecule has 0 aliphatic carbocycles. The van der Waals surface area contributed by atoms with Gasteiger partial charge in [0.05, 0.1) is 24.3 Å². The standard InChI is InChI=1S/C26H31N5O3/c1-4-6-20(27)23-24(29-3)26(33)31-25(30-23)19-14-18(11-12-21(19)34-5-2)13-16-7-9-17(10-8-16)15-22(28)32/h7-12,14,27,29H,4-6,13,15H2,1-3H3,(H2,28,32)(H,30,31,33). The van der Waals surface area contributed by atoms with Gasteiger partial charge in [-0.3, -0.25) is 9.59 Å². The summed E-state index contributed by atoms with van der Waals surface area (Å²) in [6.45, 7) is 4.34. The van der Waals surface area contributed by atoms with Crippen molar-refractivity contribution in [2.75, 3.05) is 19.0 Å². The van der Waals surface area contributed by atoms with Crippen LogP contribution >= 0.6 is 0 Å². The highest BCUT2D eigenvalue weighted by Gasteiger charge is 2.18. The SMILES string of the molecule is CCCC(=N)c1nc(-c2cc(Cc3ccc(CC(N)=O)cc3)ccc2OCC)[nH]c(=O)c1NC. The maximum atomic E-state index is 12.8. The Kier molecular flexibility index (Phi) is 8.19. The number of nitrogens with zero attached hydrogens (tertiary/aromatic N) is 1. The molecule has 3 aromatic rings. The quantitative estimate of drug-likeness (QED) is 0.323. The third kappa shape index (κ3) is 5.89. The summed E-state index contributed by atoms with van der Waals surface area (Å²) in [4.78, 5) is 31.4. The Labute approximate surface area is 199 Å². The van der Waals surface area contributed by atoms with Gasteiger partial charge in [-0.1, -0.05) is 43.7 Å². The molecule has 0 saturated carbocycles. The summed E-state index contributed by atoms with van der Waals surface area (Å²) < 4.78 is 5.82. The van der Waals surface area contributed by atoms with E-state index >= 15 is 0 Å². The Bertz CT molecular complexity index is 1230. The molecule has 8 nitrogen and oxygen atoms in total. The lowest BCUT2D eigenvalue weighted by Gasteiger charge is -2.15. The molecule has 0 fully saturated rings. The predicted molar refractivity (Wildman–Crippen MR) is 135 cm³/mol. The van der Waals surface area contributed by atoms with Gasteiger partial charge in [-0.05, 0) is 48.6 Å². The fraction of sp³-hybridized carbons (Fsp3) is 0.308. The van der Waals surface area contributed by atoms with Crippen LogP contribution in [0.2, 0.25) is 0 Å². The fourth-order valence-electron chi connectivity index (χ4n) is 3.78. The number of amides is 1. The number of nitrogens with two attached hydrogens (primary N) is 1. The van der Waals surface area contributed by atoms with Crippen LogP contribution in [-0.2, 0) is 17.6 Å². The number of nitrogens with one attached hydrogen (secondary N) is 3. The number of anilines is 1. The number of carbonyl (C=O) groups is 1. The summed E-state index contributed by atoms with van der Waals surface area (Å²) in [7, 11) is 1.65. The first kappa shape index (κ1) is 24.7. The molecule has 5 N–H and O–H groups in total. The van der Waals surface area contributed by atoms with E-state index in [1.54, 1.807) is 7.05 Å². The van der Waals surface area contributed by atoms with E-state index < -0.39 is 0 Å². The van der Waals surface area contributed by atoms with Crippen LogP contribution in [0.3, 0.4) is 0 Å². The van der Waals surface area contributed by atoms with Gasteiger partial charge >= 0.3 is 0 Å². The van der Waals surface area contributed by atoms with Gasteiger partial charge in [0.1, 0.15) is 23.0 Å². The second-order valence-corrected chi connectivity index (χ2v) is 8.02. The summed E-state index contributed by atoms with van der Waals surface area (Å²) in [5.41, 5.74) is 9.49. The Morgan fingerprint density at radius 2 is 1.79 bits per heavy atom. The predicted octanol–water partition coefficient (Wildman–Crippen LogP) is 3.66. The number of H-pyrrole nitrogens is 1. The van der Waals surface area contributed by atoms with Crippen LogP contribution in [-0.4, -0.2) is 35.2 Å². The first-order chi connectivity index (χ1) is 16.4. The molecule has 0 aliphatic rings. The zero-order valence-corrected chi connectivity index (χ0v) is 19.8. The zero-order valence-electron chi connectivity index (χ0n) is 19.8. The number of ether oxygens (including phenoxy) is 1. The Morgan fingerprint density at radius 3 is 2.41 bits per heavy atom. The van der Waals surface area contributed by atoms with E-state index in [1.807, 2.05) is 56.3 Å². The summed E-state index contributed by atoms with van der Waals surface area (Å²) >= 11 is 0. The summed E-state index contributed by atoms with van der Waals surface area (Å²) in [5, 5.41) is 11.3. The minimum absolute atomic E-state index is 0.213. The van der Waals surface area contributed by atoms with Crippen LogP contribution in [0.1, 0.15) is 49.1 Å². The average Bonchev–Trinajstić information content (AvgIpc) is 2.80. The van der Waals surface area contributed by atoms with Gasteiger partial charge in [0.2, 0.25) is 5.91 Å². The number of aromatic nitrogens is 2. The van der Waals surface area contributed by atoms with Crippen LogP contribution in [0.5, 0.6) is 5.75 Å². The first-order valence-corrected chi connectivity index (χ1v) is 11.4. The molecule has 34 heavy (non-hydrogen) atoms. The molecular weight excluding hydrogens is 430 g/mol. The fourth-order valence-corrected chi connectivity index (χ4v) is 3.78. The van der Waals surface area contributed by atoms with E-state index in [0.717, 1.165) is 23.1 Å². The molecule has 0 spiro atoms. The first-order valence-electron chi connectivity index (χ1n) is 11.4. The molecule has 0 unspecified atom stereocenters. The van der Waals surface area contributed by atoms with Gasteiger partial charge in [0.15, 0.2) is 0 Å². The van der Waals surface area contributed by atoms with E-state index in [1.165, 1.54) is 0 Å². The van der Waals surface area contributed by atoms with Crippen molar-refractivity contribution in [3.8, 4) is 17.1 Å². The number of hydrogen-bond donors (Lipinski definition) is 4. The van der Waals surface area contributed by atoms with Crippen LogP contribution in [0.25, 0.3) is 11.4 Å². The van der Waals surface area contributed by atoms with Crippen molar-refractivity contribution in [2.24, 2.45) is 5.73 Å². The number of benzene rings is 2. The van der Waals surface area contributed by atoms with E-state index in [0.29, 0.717) is 48.0 Å². The maximum absolute atomic E-state index is 12.8. The maximum Gasteiger partial charge on any atom is 0.275 e. The highest BCUT2D eigenvalue weighted by atomic mass is 16.5. The third-order valence-electron chi connectivity index (χ3n) is 5.36. The zero-order chi connectivity index (χ0) is 24.7. The molecule has 0 saturated heterocycles. The van der Waals surface area contributed by atoms with E-state index in [4.69, 9.17) is 15.9 Å². The number of primary amides is 1. The summed E-state index contributed by atoms with van der Waals surface area (Å²) in [6.07, 6.45) is 2.16. The van der Waals surface area contributed by atoms with Gasteiger partial charge in [0.25, 0.3) is 5.56 Å². The molecule has 1 aromatic heterocycles. The van der Waals surface area contributed by atoms with Crippen molar-refractivity contribution >= 4 is 17.3 Å². The molecule has 1 heterocycles. The summed E-state index contributed by atoms with van der Waals surface area (Å²) in [5.74, 6) is 0.611. The molecule has 1 amide bonds. The van der Waals surface area contributed by atoms with Crippen molar-refractivity contribution in [3.05, 3.63) is 75.2 Å². The van der Waals surface area contributed by atoms with Gasteiger partial charge in [0, 0.05) is 7.05 Å². The van der Waals surface area contributed by atoms with Gasteiger partial charge in [-0.15, -0.1) is 0 Å². The van der Waals surface area contributed by atoms with Gasteiger partial charge in [-0.2, -0.15) is 0 Å². The Morgan fingerprint density at radius 1 is 1.12 bits per heavy atom. The van der Waals surface area contributed by atoms with E-state index in [-0.39, 0.29) is 23.6 Å². The monoisotopic (exact) mass is 461 g/mol. The molecule has 0 bridgehead atoms. The Hall–Kier alpha value is -3.94. The number of rotatable bonds is 11. The molecule has 0 aliphatic heterocycles. The van der Waals surface area contributed by atoms with Crippen molar-refractivity contribution in [2.45, 2.75) is 39.5 Å². The van der Waals surface area contributed by atoms with Crippen molar-refractivity contribution in [1.82, 2.24) is 9.97 Å². The van der Waals surface area contributed by atoms with Crippen LogP contribution < -0.4 is 21.3 Å². The minimum atomic E-state index is -0.360. The molecule has 178 valence electrons. The number of carbonyl (C=O) groups excluding carboxylic acids is 1. The van der Waals surface area contributed by atoms with Crippen LogP contribution in [0.15, 0.2) is 47.3 Å². The van der Waals surface area contributed by atoms with Crippen LogP contribution in [0, 0.1) is 5.41 Å². The average molecular weight is 462 g/mol. The second kappa shape index (κ2) is 11.3. The number of hydrogen-bond acceptors (Lipinski definition) is 6. The normalized spacial score (nSPS) is 10.7. The largest absolute Gasteiger partial charge is 0.493 e. The van der Waals surface area contributed by atoms with Gasteiger partial charge < -0.3 is 26.2 Å². The second-order valence-electron chi connectivity index (χ2n) is 8.02. The lowest BCUT2D eigenvalue weighted by atomic mass is 10.00. The smallest absolute Gasteiger partial charge is 0.275 e. The molecule has 2 aromatic carbocycles. The molecule has 3 rings (SSSR count). The summed E-state index contributed by atoms with van der Waals surface area (Å²) in [6, 6.07) is 13.5. The topological polar surface area (TPSA) is 134 Å². The number of aromatic amines is 1. The lowest BCUT2D eigenvalue weighted by molar-refractivity contribution is -0.117. The highest BCUT2D eigenvalue weighted by Crippen LogP contribution is 2.30. The Balaban J connectivity index is 2.02. The van der Waals surface area contributed by atoms with Crippen molar-refractivity contribution < 1.29 is 9.53 Å². The molecule has 0 atom stereocenters. The van der Waals surface area contributed by atoms with E-state index in [9.17, 15) is 9.59 Å².